The first kappa shape index (κ1) is 20.1. The van der Waals surface area contributed by atoms with Gasteiger partial charge < -0.3 is 14.2 Å². The van der Waals surface area contributed by atoms with E-state index in [9.17, 15) is 9.59 Å². The first-order valence-corrected chi connectivity index (χ1v) is 9.31. The average molecular weight is 356 g/mol. The largest absolute Gasteiger partial charge is 0.428 e. The summed E-state index contributed by atoms with van der Waals surface area (Å²) in [5, 5.41) is 0. The van der Waals surface area contributed by atoms with Crippen molar-refractivity contribution < 1.29 is 23.8 Å². The minimum atomic E-state index is -0.354. The molecule has 0 radical (unpaired) electrons. The van der Waals surface area contributed by atoms with E-state index in [1.165, 1.54) is 12.8 Å². The summed E-state index contributed by atoms with van der Waals surface area (Å²) in [7, 11) is 0. The van der Waals surface area contributed by atoms with Gasteiger partial charge in [0, 0.05) is 25.7 Å². The van der Waals surface area contributed by atoms with Crippen molar-refractivity contribution in [2.75, 3.05) is 39.6 Å². The zero-order chi connectivity index (χ0) is 18.4. The lowest BCUT2D eigenvalue weighted by Gasteiger charge is -2.24. The maximum Gasteiger partial charge on any atom is 0.312 e. The maximum atomic E-state index is 12.0. The van der Waals surface area contributed by atoms with Crippen molar-refractivity contribution in [2.24, 2.45) is 11.8 Å². The molecule has 2 aliphatic heterocycles. The molecule has 2 fully saturated rings. The topological polar surface area (TPSA) is 68.3 Å². The van der Waals surface area contributed by atoms with Crippen molar-refractivity contribution >= 4 is 11.9 Å². The molecule has 0 N–H and O–H groups in total. The minimum Gasteiger partial charge on any atom is -0.428 e. The standard InChI is InChI=1S/C18H32N2O5/c1-13(10-19-7-5-6-15(19)3)17(21)24-12-25-18(22)14(2)11-20-8-9-23-16(20)4/h13-16H,5-12H2,1-4H3. The molecule has 0 aromatic rings. The Balaban J connectivity index is 1.63. The van der Waals surface area contributed by atoms with Gasteiger partial charge in [0.2, 0.25) is 6.79 Å². The third-order valence-corrected chi connectivity index (χ3v) is 5.17. The van der Waals surface area contributed by atoms with Crippen LogP contribution in [0.1, 0.15) is 40.5 Å². The van der Waals surface area contributed by atoms with Gasteiger partial charge in [-0.2, -0.15) is 0 Å². The summed E-state index contributed by atoms with van der Waals surface area (Å²) >= 11 is 0. The lowest BCUT2D eigenvalue weighted by molar-refractivity contribution is -0.172. The molecule has 0 aliphatic carbocycles. The summed E-state index contributed by atoms with van der Waals surface area (Å²) in [6.45, 7) is 11.3. The Labute approximate surface area is 150 Å². The molecular weight excluding hydrogens is 324 g/mol. The molecule has 0 saturated carbocycles. The monoisotopic (exact) mass is 356 g/mol. The number of nitrogens with zero attached hydrogens (tertiary/aromatic N) is 2. The molecule has 7 nitrogen and oxygen atoms in total. The zero-order valence-corrected chi connectivity index (χ0v) is 15.9. The molecule has 2 heterocycles. The molecule has 2 rings (SSSR count). The average Bonchev–Trinajstić information content (AvgIpc) is 3.16. The fourth-order valence-electron chi connectivity index (χ4n) is 3.41. The van der Waals surface area contributed by atoms with Gasteiger partial charge in [-0.15, -0.1) is 0 Å². The molecule has 4 atom stereocenters. The van der Waals surface area contributed by atoms with Gasteiger partial charge in [-0.05, 0) is 33.2 Å². The number of hydrogen-bond donors (Lipinski definition) is 0. The Bertz CT molecular complexity index is 419. The van der Waals surface area contributed by atoms with Crippen LogP contribution in [0, 0.1) is 11.8 Å². The van der Waals surface area contributed by atoms with Crippen LogP contribution in [0.15, 0.2) is 0 Å². The second kappa shape index (κ2) is 9.50. The molecule has 7 heteroatoms. The molecule has 0 spiro atoms. The highest BCUT2D eigenvalue weighted by atomic mass is 16.7. The van der Waals surface area contributed by atoms with E-state index in [-0.39, 0.29) is 36.8 Å². The predicted octanol–water partition coefficient (Wildman–Crippen LogP) is 1.47. The van der Waals surface area contributed by atoms with E-state index in [1.807, 2.05) is 20.8 Å². The van der Waals surface area contributed by atoms with Crippen molar-refractivity contribution in [3.8, 4) is 0 Å². The van der Waals surface area contributed by atoms with E-state index in [0.717, 1.165) is 13.1 Å². The van der Waals surface area contributed by atoms with Gasteiger partial charge in [-0.25, -0.2) is 0 Å². The van der Waals surface area contributed by atoms with Crippen LogP contribution in [0.5, 0.6) is 0 Å². The molecule has 2 aliphatic rings. The quantitative estimate of drug-likeness (QED) is 0.482. The second-order valence-electron chi connectivity index (χ2n) is 7.30. The minimum absolute atomic E-state index is 0.0295. The van der Waals surface area contributed by atoms with Crippen molar-refractivity contribution in [2.45, 2.75) is 52.8 Å². The fourth-order valence-corrected chi connectivity index (χ4v) is 3.41. The highest BCUT2D eigenvalue weighted by Crippen LogP contribution is 2.18. The molecule has 0 aromatic heterocycles. The summed E-state index contributed by atoms with van der Waals surface area (Å²) in [5.74, 6) is -1.18. The SMILES string of the molecule is CC(CN1CCCC1C)C(=O)OCOC(=O)C(C)CN1CCOC1C. The van der Waals surface area contributed by atoms with E-state index in [0.29, 0.717) is 25.7 Å². The van der Waals surface area contributed by atoms with E-state index < -0.39 is 0 Å². The van der Waals surface area contributed by atoms with Gasteiger partial charge in [0.15, 0.2) is 0 Å². The van der Waals surface area contributed by atoms with Gasteiger partial charge in [0.05, 0.1) is 18.4 Å². The number of esters is 2. The normalized spacial score (nSPS) is 27.2. The summed E-state index contributed by atoms with van der Waals surface area (Å²) in [6, 6.07) is 0.519. The lowest BCUT2D eigenvalue weighted by atomic mass is 10.1. The molecule has 0 bridgehead atoms. The van der Waals surface area contributed by atoms with Crippen LogP contribution in [-0.4, -0.2) is 73.6 Å². The number of carbonyl (C=O) groups is 2. The number of carbonyl (C=O) groups excluding carboxylic acids is 2. The zero-order valence-electron chi connectivity index (χ0n) is 15.9. The highest BCUT2D eigenvalue weighted by molar-refractivity contribution is 5.73. The summed E-state index contributed by atoms with van der Waals surface area (Å²) in [6.07, 6.45) is 2.39. The lowest BCUT2D eigenvalue weighted by Crippen LogP contribution is -2.36. The van der Waals surface area contributed by atoms with Crippen molar-refractivity contribution in [1.29, 1.82) is 0 Å². The molecule has 144 valence electrons. The molecule has 4 unspecified atom stereocenters. The Hall–Kier alpha value is -1.18. The first-order valence-electron chi connectivity index (χ1n) is 9.31. The first-order chi connectivity index (χ1) is 11.9. The molecule has 0 amide bonds. The smallest absolute Gasteiger partial charge is 0.312 e. The number of likely N-dealkylation sites (tertiary alicyclic amines) is 1. The van der Waals surface area contributed by atoms with E-state index in [4.69, 9.17) is 14.2 Å². The molecule has 25 heavy (non-hydrogen) atoms. The molecule has 2 saturated heterocycles. The van der Waals surface area contributed by atoms with E-state index in [2.05, 4.69) is 16.7 Å². The predicted molar refractivity (Wildman–Crippen MR) is 92.6 cm³/mol. The van der Waals surface area contributed by atoms with Crippen LogP contribution in [-0.2, 0) is 23.8 Å². The van der Waals surface area contributed by atoms with Gasteiger partial charge in [0.1, 0.15) is 6.23 Å². The Morgan fingerprint density at radius 2 is 1.64 bits per heavy atom. The van der Waals surface area contributed by atoms with E-state index in [1.54, 1.807) is 0 Å². The van der Waals surface area contributed by atoms with Crippen LogP contribution < -0.4 is 0 Å². The van der Waals surface area contributed by atoms with Crippen molar-refractivity contribution in [3.63, 3.8) is 0 Å². The third-order valence-electron chi connectivity index (χ3n) is 5.17. The van der Waals surface area contributed by atoms with Crippen molar-refractivity contribution in [1.82, 2.24) is 9.80 Å². The van der Waals surface area contributed by atoms with Gasteiger partial charge in [0.25, 0.3) is 0 Å². The van der Waals surface area contributed by atoms with Gasteiger partial charge in [-0.1, -0.05) is 13.8 Å². The summed E-state index contributed by atoms with van der Waals surface area (Å²) in [5.41, 5.74) is 0. The fraction of sp³-hybridized carbons (Fsp3) is 0.889. The summed E-state index contributed by atoms with van der Waals surface area (Å²) < 4.78 is 15.7. The third kappa shape index (κ3) is 5.94. The van der Waals surface area contributed by atoms with Crippen LogP contribution in [0.4, 0.5) is 0 Å². The second-order valence-corrected chi connectivity index (χ2v) is 7.30. The number of hydrogen-bond acceptors (Lipinski definition) is 7. The molecule has 0 aromatic carbocycles. The van der Waals surface area contributed by atoms with Gasteiger partial charge in [-0.3, -0.25) is 19.4 Å². The van der Waals surface area contributed by atoms with Crippen LogP contribution in [0.25, 0.3) is 0 Å². The van der Waals surface area contributed by atoms with Crippen LogP contribution in [0.3, 0.4) is 0 Å². The van der Waals surface area contributed by atoms with E-state index >= 15 is 0 Å². The van der Waals surface area contributed by atoms with Crippen LogP contribution >= 0.6 is 0 Å². The number of rotatable bonds is 8. The number of ether oxygens (including phenoxy) is 3. The Morgan fingerprint density at radius 3 is 2.12 bits per heavy atom. The Morgan fingerprint density at radius 1 is 1.04 bits per heavy atom. The van der Waals surface area contributed by atoms with Crippen molar-refractivity contribution in [3.05, 3.63) is 0 Å². The Kier molecular flexibility index (Phi) is 7.65. The van der Waals surface area contributed by atoms with Crippen LogP contribution in [0.2, 0.25) is 0 Å². The molecular formula is C18H32N2O5. The maximum absolute atomic E-state index is 12.0. The van der Waals surface area contributed by atoms with Gasteiger partial charge >= 0.3 is 11.9 Å². The summed E-state index contributed by atoms with van der Waals surface area (Å²) in [4.78, 5) is 28.5. The highest BCUT2D eigenvalue weighted by Gasteiger charge is 2.27.